The van der Waals surface area contributed by atoms with Crippen LogP contribution in [-0.2, 0) is 6.18 Å². The van der Waals surface area contributed by atoms with E-state index in [-0.39, 0.29) is 5.13 Å². The minimum absolute atomic E-state index is 0.169. The Labute approximate surface area is 87.3 Å². The van der Waals surface area contributed by atoms with E-state index >= 15 is 0 Å². The lowest BCUT2D eigenvalue weighted by Crippen LogP contribution is -2.03. The van der Waals surface area contributed by atoms with Crippen LogP contribution in [0, 0.1) is 0 Å². The quantitative estimate of drug-likeness (QED) is 0.655. The predicted molar refractivity (Wildman–Crippen MR) is 48.7 cm³/mol. The molecule has 1 rings (SSSR count). The number of rotatable bonds is 4. The van der Waals surface area contributed by atoms with E-state index in [9.17, 15) is 13.2 Å². The van der Waals surface area contributed by atoms with E-state index in [1.54, 1.807) is 0 Å². The third kappa shape index (κ3) is 3.30. The number of aromatic nitrogens is 2. The van der Waals surface area contributed by atoms with Gasteiger partial charge in [-0.3, -0.25) is 0 Å². The van der Waals surface area contributed by atoms with Gasteiger partial charge in [-0.25, -0.2) is 0 Å². The first-order chi connectivity index (χ1) is 6.54. The Morgan fingerprint density at radius 2 is 2.07 bits per heavy atom. The van der Waals surface area contributed by atoms with Gasteiger partial charge in [0.25, 0.3) is 0 Å². The number of alkyl halides is 4. The summed E-state index contributed by atoms with van der Waals surface area (Å²) < 4.78 is 36.1. The van der Waals surface area contributed by atoms with E-state index in [2.05, 4.69) is 15.5 Å². The van der Waals surface area contributed by atoms with Crippen LogP contribution in [-0.4, -0.2) is 22.6 Å². The molecule has 0 unspecified atom stereocenters. The van der Waals surface area contributed by atoms with E-state index in [0.717, 1.165) is 0 Å². The van der Waals surface area contributed by atoms with Crippen molar-refractivity contribution in [3.63, 3.8) is 0 Å². The average molecular weight is 246 g/mol. The minimum atomic E-state index is -4.41. The summed E-state index contributed by atoms with van der Waals surface area (Å²) in [6, 6.07) is 0. The predicted octanol–water partition coefficient (Wildman–Crippen LogP) is 2.60. The maximum Gasteiger partial charge on any atom is 0.445 e. The van der Waals surface area contributed by atoms with Crippen molar-refractivity contribution in [3.8, 4) is 0 Å². The molecule has 0 saturated heterocycles. The molecule has 1 aromatic rings. The molecule has 0 spiro atoms. The van der Waals surface area contributed by atoms with Crippen LogP contribution in [0.4, 0.5) is 18.3 Å². The van der Waals surface area contributed by atoms with Crippen LogP contribution in [0.2, 0.25) is 0 Å². The summed E-state index contributed by atoms with van der Waals surface area (Å²) in [5.41, 5.74) is 0. The molecule has 1 heterocycles. The van der Waals surface area contributed by atoms with Gasteiger partial charge in [-0.05, 0) is 6.42 Å². The lowest BCUT2D eigenvalue weighted by Gasteiger charge is -1.98. The topological polar surface area (TPSA) is 37.8 Å². The lowest BCUT2D eigenvalue weighted by molar-refractivity contribution is -0.138. The monoisotopic (exact) mass is 245 g/mol. The molecule has 0 aliphatic carbocycles. The van der Waals surface area contributed by atoms with Crippen molar-refractivity contribution in [1.82, 2.24) is 10.2 Å². The summed E-state index contributed by atoms with van der Waals surface area (Å²) in [5, 5.41) is 8.29. The van der Waals surface area contributed by atoms with Gasteiger partial charge in [-0.15, -0.1) is 21.8 Å². The molecule has 0 amide bonds. The standard InChI is InChI=1S/C6H7ClF3N3S/c7-2-1-3-11-5-13-12-4(14-5)6(8,9)10/h1-3H2,(H,11,13). The molecule has 80 valence electrons. The number of halogens is 4. The largest absolute Gasteiger partial charge is 0.445 e. The molecule has 8 heteroatoms. The second-order valence-corrected chi connectivity index (χ2v) is 3.73. The zero-order valence-electron chi connectivity index (χ0n) is 6.94. The highest BCUT2D eigenvalue weighted by Crippen LogP contribution is 2.32. The Kier molecular flexibility index (Phi) is 3.94. The van der Waals surface area contributed by atoms with Gasteiger partial charge in [0.15, 0.2) is 0 Å². The number of anilines is 1. The van der Waals surface area contributed by atoms with Crippen LogP contribution < -0.4 is 5.32 Å². The molecule has 0 radical (unpaired) electrons. The average Bonchev–Trinajstić information content (AvgIpc) is 2.52. The molecule has 1 N–H and O–H groups in total. The Morgan fingerprint density at radius 1 is 1.36 bits per heavy atom. The van der Waals surface area contributed by atoms with Crippen LogP contribution in [0.1, 0.15) is 11.4 Å². The van der Waals surface area contributed by atoms with Crippen molar-refractivity contribution in [2.24, 2.45) is 0 Å². The van der Waals surface area contributed by atoms with Gasteiger partial charge in [-0.1, -0.05) is 11.3 Å². The molecule has 0 aliphatic rings. The van der Waals surface area contributed by atoms with Gasteiger partial charge >= 0.3 is 6.18 Å². The Hall–Kier alpha value is -0.560. The third-order valence-electron chi connectivity index (χ3n) is 1.25. The van der Waals surface area contributed by atoms with E-state index in [1.807, 2.05) is 0 Å². The van der Waals surface area contributed by atoms with Gasteiger partial charge in [0.2, 0.25) is 10.1 Å². The van der Waals surface area contributed by atoms with Crippen molar-refractivity contribution in [2.75, 3.05) is 17.7 Å². The molecule has 0 aromatic carbocycles. The Bertz CT molecular complexity index is 288. The number of nitrogens with zero attached hydrogens (tertiary/aromatic N) is 2. The first-order valence-electron chi connectivity index (χ1n) is 3.74. The lowest BCUT2D eigenvalue weighted by atomic mass is 10.5. The van der Waals surface area contributed by atoms with Crippen LogP contribution >= 0.6 is 22.9 Å². The summed E-state index contributed by atoms with van der Waals surface area (Å²) >= 11 is 5.88. The maximum atomic E-state index is 12.0. The van der Waals surface area contributed by atoms with E-state index in [4.69, 9.17) is 11.6 Å². The fourth-order valence-corrected chi connectivity index (χ4v) is 1.44. The summed E-state index contributed by atoms with van der Waals surface area (Å²) in [5.74, 6) is 0.456. The maximum absolute atomic E-state index is 12.0. The molecule has 0 saturated carbocycles. The van der Waals surface area contributed by atoms with Crippen LogP contribution in [0.25, 0.3) is 0 Å². The summed E-state index contributed by atoms with van der Waals surface area (Å²) in [6.45, 7) is 0.496. The first-order valence-corrected chi connectivity index (χ1v) is 5.09. The van der Waals surface area contributed by atoms with E-state index in [0.29, 0.717) is 30.2 Å². The first kappa shape index (κ1) is 11.5. The molecule has 14 heavy (non-hydrogen) atoms. The third-order valence-corrected chi connectivity index (χ3v) is 2.45. The highest BCUT2D eigenvalue weighted by atomic mass is 35.5. The van der Waals surface area contributed by atoms with Crippen molar-refractivity contribution < 1.29 is 13.2 Å². The molecule has 0 atom stereocenters. The molecule has 0 fully saturated rings. The van der Waals surface area contributed by atoms with Gasteiger partial charge in [0.05, 0.1) is 0 Å². The highest BCUT2D eigenvalue weighted by Gasteiger charge is 2.35. The number of nitrogens with one attached hydrogen (secondary N) is 1. The van der Waals surface area contributed by atoms with E-state index in [1.165, 1.54) is 0 Å². The van der Waals surface area contributed by atoms with Gasteiger partial charge < -0.3 is 5.32 Å². The second kappa shape index (κ2) is 4.79. The molecular formula is C6H7ClF3N3S. The molecule has 0 bridgehead atoms. The Balaban J connectivity index is 2.51. The fourth-order valence-electron chi connectivity index (χ4n) is 0.671. The molecular weight excluding hydrogens is 239 g/mol. The number of hydrogen-bond acceptors (Lipinski definition) is 4. The normalized spacial score (nSPS) is 11.7. The SMILES string of the molecule is FC(F)(F)c1nnc(NCCCCl)s1. The summed E-state index contributed by atoms with van der Waals surface area (Å²) in [7, 11) is 0. The van der Waals surface area contributed by atoms with Crippen molar-refractivity contribution in [1.29, 1.82) is 0 Å². The van der Waals surface area contributed by atoms with Crippen LogP contribution in [0.3, 0.4) is 0 Å². The summed E-state index contributed by atoms with van der Waals surface area (Å²) in [4.78, 5) is 0. The molecule has 1 aromatic heterocycles. The second-order valence-electron chi connectivity index (χ2n) is 2.38. The van der Waals surface area contributed by atoms with Gasteiger partial charge in [-0.2, -0.15) is 13.2 Å². The van der Waals surface area contributed by atoms with E-state index < -0.39 is 11.2 Å². The fraction of sp³-hybridized carbons (Fsp3) is 0.667. The number of hydrogen-bond donors (Lipinski definition) is 1. The Morgan fingerprint density at radius 3 is 2.57 bits per heavy atom. The molecule has 3 nitrogen and oxygen atoms in total. The van der Waals surface area contributed by atoms with Crippen molar-refractivity contribution in [2.45, 2.75) is 12.6 Å². The van der Waals surface area contributed by atoms with Crippen molar-refractivity contribution in [3.05, 3.63) is 5.01 Å². The minimum Gasteiger partial charge on any atom is -0.360 e. The van der Waals surface area contributed by atoms with Gasteiger partial charge in [0.1, 0.15) is 0 Å². The smallest absolute Gasteiger partial charge is 0.360 e. The van der Waals surface area contributed by atoms with Gasteiger partial charge in [0, 0.05) is 12.4 Å². The van der Waals surface area contributed by atoms with Crippen molar-refractivity contribution >= 4 is 28.1 Å². The summed E-state index contributed by atoms with van der Waals surface area (Å²) in [6.07, 6.45) is -3.74. The molecule has 0 aliphatic heterocycles. The van der Waals surface area contributed by atoms with Crippen LogP contribution in [0.15, 0.2) is 0 Å². The zero-order valence-corrected chi connectivity index (χ0v) is 8.51. The highest BCUT2D eigenvalue weighted by molar-refractivity contribution is 7.15. The van der Waals surface area contributed by atoms with Crippen LogP contribution in [0.5, 0.6) is 0 Å². The zero-order chi connectivity index (χ0) is 10.6.